The van der Waals surface area contributed by atoms with E-state index in [2.05, 4.69) is 39.3 Å². The van der Waals surface area contributed by atoms with Crippen molar-refractivity contribution in [3.63, 3.8) is 0 Å². The third-order valence-electron chi connectivity index (χ3n) is 4.31. The van der Waals surface area contributed by atoms with E-state index >= 15 is 0 Å². The lowest BCUT2D eigenvalue weighted by Gasteiger charge is -2.25. The first-order chi connectivity index (χ1) is 14.5. The van der Waals surface area contributed by atoms with E-state index in [1.165, 1.54) is 0 Å². The molecule has 0 aromatic carbocycles. The van der Waals surface area contributed by atoms with E-state index in [0.29, 0.717) is 34.7 Å². The van der Waals surface area contributed by atoms with Gasteiger partial charge in [-0.05, 0) is 12.3 Å². The predicted molar refractivity (Wildman–Crippen MR) is 117 cm³/mol. The van der Waals surface area contributed by atoms with Crippen molar-refractivity contribution in [3.05, 3.63) is 18.0 Å². The molecule has 0 aliphatic heterocycles. The first kappa shape index (κ1) is 23.7. The Morgan fingerprint density at radius 1 is 1.27 bits per heavy atom. The number of nitrogen functional groups attached to an aromatic ring is 1. The number of methoxy groups -OCH3 is 2. The number of ether oxygens (including phenoxy) is 3. The highest BCUT2D eigenvalue weighted by Gasteiger charge is 2.21. The summed E-state index contributed by atoms with van der Waals surface area (Å²) in [7, 11) is 3.10. The zero-order chi connectivity index (χ0) is 21.9. The number of thioether (sulfide) groups is 1. The van der Waals surface area contributed by atoms with Gasteiger partial charge in [-0.25, -0.2) is 0 Å². The quantitative estimate of drug-likeness (QED) is 0.397. The normalized spacial score (nSPS) is 12.8. The Kier molecular flexibility index (Phi) is 9.68. The fraction of sp³-hybridized carbons (Fsp3) is 0.579. The van der Waals surface area contributed by atoms with Crippen LogP contribution >= 0.6 is 11.8 Å². The van der Waals surface area contributed by atoms with Crippen LogP contribution in [-0.2, 0) is 6.61 Å². The zero-order valence-electron chi connectivity index (χ0n) is 17.8. The van der Waals surface area contributed by atoms with Crippen LogP contribution in [0.5, 0.6) is 17.4 Å². The highest BCUT2D eigenvalue weighted by Crippen LogP contribution is 2.31. The molecule has 2 heterocycles. The van der Waals surface area contributed by atoms with Gasteiger partial charge in [-0.1, -0.05) is 20.3 Å². The summed E-state index contributed by atoms with van der Waals surface area (Å²) in [5.74, 6) is 2.60. The van der Waals surface area contributed by atoms with Crippen LogP contribution in [0.3, 0.4) is 0 Å². The summed E-state index contributed by atoms with van der Waals surface area (Å²) < 4.78 is 16.5. The maximum atomic E-state index is 9.23. The Bertz CT molecular complexity index is 798. The molecule has 0 aliphatic carbocycles. The molecule has 1 unspecified atom stereocenters. The van der Waals surface area contributed by atoms with E-state index in [-0.39, 0.29) is 30.4 Å². The molecule has 0 radical (unpaired) electrons. The summed E-state index contributed by atoms with van der Waals surface area (Å²) in [6, 6.07) is 1.71. The van der Waals surface area contributed by atoms with Gasteiger partial charge in [-0.15, -0.1) is 22.0 Å². The topological polar surface area (TPSA) is 138 Å². The maximum absolute atomic E-state index is 9.23. The summed E-state index contributed by atoms with van der Waals surface area (Å²) in [5, 5.41) is 20.4. The van der Waals surface area contributed by atoms with E-state index in [4.69, 9.17) is 19.9 Å². The van der Waals surface area contributed by atoms with Crippen LogP contribution in [0.1, 0.15) is 32.4 Å². The predicted octanol–water partition coefficient (Wildman–Crippen LogP) is 2.34. The SMILES string of the molecule is CCCC(C)[C@H](Nc1nc(N)nnc1OCc1nccc(OC)c1OC)SCCO. The molecule has 166 valence electrons. The molecular formula is C19H30N6O4S. The number of aliphatic hydroxyl groups excluding tert-OH is 1. The van der Waals surface area contributed by atoms with Crippen LogP contribution < -0.4 is 25.3 Å². The van der Waals surface area contributed by atoms with Gasteiger partial charge in [0.25, 0.3) is 5.88 Å². The number of rotatable bonds is 13. The smallest absolute Gasteiger partial charge is 0.277 e. The third-order valence-corrected chi connectivity index (χ3v) is 5.67. The second-order valence-corrected chi connectivity index (χ2v) is 7.78. The monoisotopic (exact) mass is 438 g/mol. The molecule has 10 nitrogen and oxygen atoms in total. The van der Waals surface area contributed by atoms with E-state index in [1.807, 2.05) is 0 Å². The molecule has 0 saturated heterocycles. The molecule has 30 heavy (non-hydrogen) atoms. The Morgan fingerprint density at radius 3 is 2.73 bits per heavy atom. The lowest BCUT2D eigenvalue weighted by Crippen LogP contribution is -2.26. The Hall–Kier alpha value is -2.53. The van der Waals surface area contributed by atoms with Crippen LogP contribution in [0.2, 0.25) is 0 Å². The van der Waals surface area contributed by atoms with Gasteiger partial charge in [-0.2, -0.15) is 4.98 Å². The molecular weight excluding hydrogens is 408 g/mol. The summed E-state index contributed by atoms with van der Waals surface area (Å²) >= 11 is 1.61. The molecule has 2 aromatic rings. The van der Waals surface area contributed by atoms with Crippen molar-refractivity contribution < 1.29 is 19.3 Å². The van der Waals surface area contributed by atoms with Gasteiger partial charge in [0.1, 0.15) is 12.3 Å². The summed E-state index contributed by atoms with van der Waals surface area (Å²) in [5.41, 5.74) is 6.30. The van der Waals surface area contributed by atoms with Crippen molar-refractivity contribution >= 4 is 23.5 Å². The minimum absolute atomic E-state index is 0.0000282. The average molecular weight is 439 g/mol. The Morgan fingerprint density at radius 2 is 2.07 bits per heavy atom. The molecule has 2 rings (SSSR count). The van der Waals surface area contributed by atoms with Gasteiger partial charge >= 0.3 is 0 Å². The molecule has 0 saturated carbocycles. The molecule has 4 N–H and O–H groups in total. The van der Waals surface area contributed by atoms with Gasteiger partial charge in [0, 0.05) is 18.0 Å². The number of nitrogens with one attached hydrogen (secondary N) is 1. The van der Waals surface area contributed by atoms with Crippen molar-refractivity contribution in [1.82, 2.24) is 20.2 Å². The summed E-state index contributed by atoms with van der Waals surface area (Å²) in [6.07, 6.45) is 3.68. The maximum Gasteiger partial charge on any atom is 0.277 e. The fourth-order valence-electron chi connectivity index (χ4n) is 2.88. The Labute approximate surface area is 180 Å². The highest BCUT2D eigenvalue weighted by molar-refractivity contribution is 8.00. The molecule has 0 amide bonds. The second kappa shape index (κ2) is 12.2. The first-order valence-corrected chi connectivity index (χ1v) is 10.8. The third kappa shape index (κ3) is 6.49. The Balaban J connectivity index is 2.22. The van der Waals surface area contributed by atoms with E-state index in [0.717, 1.165) is 12.8 Å². The number of pyridine rings is 1. The number of hydrogen-bond donors (Lipinski definition) is 3. The van der Waals surface area contributed by atoms with Crippen LogP contribution in [0.25, 0.3) is 0 Å². The standard InChI is InChI=1S/C19H30N6O4S/c1-5-6-12(2)18(30-10-9-26)22-16-17(24-25-19(20)23-16)29-11-13-15(28-4)14(27-3)7-8-21-13/h7-8,12,18,26H,5-6,9-11H2,1-4H3,(H3,20,22,23,25)/t12?,18-/m1/s1. The molecule has 0 spiro atoms. The van der Waals surface area contributed by atoms with Crippen molar-refractivity contribution in [3.8, 4) is 17.4 Å². The van der Waals surface area contributed by atoms with Gasteiger partial charge in [0.15, 0.2) is 17.3 Å². The second-order valence-electron chi connectivity index (χ2n) is 6.53. The zero-order valence-corrected chi connectivity index (χ0v) is 18.6. The number of nitrogens with two attached hydrogens (primary N) is 1. The van der Waals surface area contributed by atoms with E-state index < -0.39 is 0 Å². The van der Waals surface area contributed by atoms with E-state index in [9.17, 15) is 5.11 Å². The molecule has 2 aromatic heterocycles. The number of aliphatic hydroxyl groups is 1. The minimum atomic E-state index is 0.0000282. The molecule has 2 atom stereocenters. The van der Waals surface area contributed by atoms with Crippen molar-refractivity contribution in [2.24, 2.45) is 5.92 Å². The average Bonchev–Trinajstić information content (AvgIpc) is 2.75. The van der Waals surface area contributed by atoms with Gasteiger partial charge in [-0.3, -0.25) is 4.98 Å². The number of nitrogens with zero attached hydrogens (tertiary/aromatic N) is 4. The highest BCUT2D eigenvalue weighted by atomic mass is 32.2. The number of hydrogen-bond acceptors (Lipinski definition) is 11. The van der Waals surface area contributed by atoms with Crippen LogP contribution in [-0.4, -0.2) is 57.2 Å². The van der Waals surface area contributed by atoms with Gasteiger partial charge < -0.3 is 30.4 Å². The van der Waals surface area contributed by atoms with Gasteiger partial charge in [0.05, 0.1) is 26.2 Å². The molecule has 0 aliphatic rings. The van der Waals surface area contributed by atoms with Crippen LogP contribution in [0.15, 0.2) is 12.3 Å². The molecule has 0 fully saturated rings. The van der Waals surface area contributed by atoms with Crippen LogP contribution in [0, 0.1) is 5.92 Å². The minimum Gasteiger partial charge on any atom is -0.493 e. The largest absolute Gasteiger partial charge is 0.493 e. The van der Waals surface area contributed by atoms with Crippen molar-refractivity contribution in [1.29, 1.82) is 0 Å². The van der Waals surface area contributed by atoms with E-state index in [1.54, 1.807) is 38.2 Å². The van der Waals surface area contributed by atoms with Crippen LogP contribution in [0.4, 0.5) is 11.8 Å². The number of aromatic nitrogens is 4. The lowest BCUT2D eigenvalue weighted by atomic mass is 10.1. The van der Waals surface area contributed by atoms with Gasteiger partial charge in [0.2, 0.25) is 5.95 Å². The molecule has 11 heteroatoms. The van der Waals surface area contributed by atoms with Crippen molar-refractivity contribution in [2.75, 3.05) is 37.6 Å². The lowest BCUT2D eigenvalue weighted by molar-refractivity contribution is 0.273. The molecule has 0 bridgehead atoms. The fourth-order valence-corrected chi connectivity index (χ4v) is 3.90. The summed E-state index contributed by atoms with van der Waals surface area (Å²) in [4.78, 5) is 8.57. The number of anilines is 2. The summed E-state index contributed by atoms with van der Waals surface area (Å²) in [6.45, 7) is 4.46. The van der Waals surface area contributed by atoms with Crippen molar-refractivity contribution in [2.45, 2.75) is 38.7 Å². The first-order valence-electron chi connectivity index (χ1n) is 9.71.